The van der Waals surface area contributed by atoms with E-state index >= 15 is 0 Å². The zero-order valence-electron chi connectivity index (χ0n) is 13.8. The number of carbonyl (C=O) groups excluding carboxylic acids is 1. The van der Waals surface area contributed by atoms with Crippen LogP contribution in [0.3, 0.4) is 0 Å². The van der Waals surface area contributed by atoms with E-state index in [4.69, 9.17) is 4.74 Å². The number of carbonyl (C=O) groups is 1. The molecule has 0 heterocycles. The highest BCUT2D eigenvalue weighted by atomic mass is 32.2. The van der Waals surface area contributed by atoms with E-state index in [1.807, 2.05) is 31.2 Å². The number of anilines is 1. The van der Waals surface area contributed by atoms with Gasteiger partial charge in [0.25, 0.3) is 5.91 Å². The van der Waals surface area contributed by atoms with Crippen LogP contribution in [0.15, 0.2) is 53.4 Å². The van der Waals surface area contributed by atoms with Crippen LogP contribution in [0.1, 0.15) is 19.4 Å². The van der Waals surface area contributed by atoms with Crippen molar-refractivity contribution in [2.24, 2.45) is 0 Å². The number of hydrogen-bond acceptors (Lipinski definition) is 4. The molecule has 2 rings (SSSR count). The molecule has 0 aliphatic heterocycles. The SMILES string of the molecule is CCc1ccccc1OCC(=O)Nc1ccc(S(=O)(=O)CC)cc1. The third-order valence-corrected chi connectivity index (χ3v) is 5.34. The van der Waals surface area contributed by atoms with Crippen molar-refractivity contribution in [2.75, 3.05) is 17.7 Å². The van der Waals surface area contributed by atoms with E-state index in [1.165, 1.54) is 12.1 Å². The second-order valence-corrected chi connectivity index (χ2v) is 7.50. The Morgan fingerprint density at radius 3 is 2.33 bits per heavy atom. The van der Waals surface area contributed by atoms with Crippen LogP contribution in [0, 0.1) is 0 Å². The number of aryl methyl sites for hydroxylation is 1. The molecule has 0 radical (unpaired) electrons. The summed E-state index contributed by atoms with van der Waals surface area (Å²) in [7, 11) is -3.23. The van der Waals surface area contributed by atoms with Crippen molar-refractivity contribution in [3.63, 3.8) is 0 Å². The van der Waals surface area contributed by atoms with E-state index in [1.54, 1.807) is 19.1 Å². The summed E-state index contributed by atoms with van der Waals surface area (Å²) in [4.78, 5) is 12.2. The Kier molecular flexibility index (Phi) is 5.98. The summed E-state index contributed by atoms with van der Waals surface area (Å²) in [6, 6.07) is 13.7. The Labute approximate surface area is 142 Å². The predicted molar refractivity (Wildman–Crippen MR) is 94.1 cm³/mol. The Hall–Kier alpha value is -2.34. The molecule has 0 aliphatic carbocycles. The first-order chi connectivity index (χ1) is 11.5. The van der Waals surface area contributed by atoms with Crippen molar-refractivity contribution >= 4 is 21.4 Å². The zero-order valence-corrected chi connectivity index (χ0v) is 14.6. The Morgan fingerprint density at radius 2 is 1.71 bits per heavy atom. The molecule has 0 aromatic heterocycles. The molecule has 128 valence electrons. The minimum atomic E-state index is -3.23. The van der Waals surface area contributed by atoms with Crippen molar-refractivity contribution in [1.29, 1.82) is 0 Å². The first-order valence-electron chi connectivity index (χ1n) is 7.79. The van der Waals surface area contributed by atoms with Gasteiger partial charge < -0.3 is 10.1 Å². The molecule has 2 aromatic rings. The second kappa shape index (κ2) is 7.97. The van der Waals surface area contributed by atoms with Gasteiger partial charge >= 0.3 is 0 Å². The molecule has 0 saturated carbocycles. The first kappa shape index (κ1) is 18.0. The van der Waals surface area contributed by atoms with Gasteiger partial charge in [-0.2, -0.15) is 0 Å². The monoisotopic (exact) mass is 347 g/mol. The van der Waals surface area contributed by atoms with Gasteiger partial charge in [-0.3, -0.25) is 4.79 Å². The van der Waals surface area contributed by atoms with Gasteiger partial charge in [0, 0.05) is 5.69 Å². The van der Waals surface area contributed by atoms with Crippen LogP contribution in [-0.2, 0) is 21.1 Å². The van der Waals surface area contributed by atoms with Crippen LogP contribution in [-0.4, -0.2) is 26.7 Å². The van der Waals surface area contributed by atoms with E-state index < -0.39 is 9.84 Å². The fourth-order valence-corrected chi connectivity index (χ4v) is 3.07. The van der Waals surface area contributed by atoms with Crippen molar-refractivity contribution in [1.82, 2.24) is 0 Å². The van der Waals surface area contributed by atoms with Gasteiger partial charge in [-0.25, -0.2) is 8.42 Å². The molecule has 24 heavy (non-hydrogen) atoms. The largest absolute Gasteiger partial charge is 0.483 e. The Morgan fingerprint density at radius 1 is 1.04 bits per heavy atom. The van der Waals surface area contributed by atoms with Gasteiger partial charge in [-0.1, -0.05) is 32.0 Å². The highest BCUT2D eigenvalue weighted by Gasteiger charge is 2.11. The van der Waals surface area contributed by atoms with Crippen LogP contribution >= 0.6 is 0 Å². The lowest BCUT2D eigenvalue weighted by Gasteiger charge is -2.11. The van der Waals surface area contributed by atoms with Crippen LogP contribution in [0.5, 0.6) is 5.75 Å². The molecule has 0 bridgehead atoms. The second-order valence-electron chi connectivity index (χ2n) is 5.23. The maximum atomic E-state index is 12.0. The third kappa shape index (κ3) is 4.58. The molecule has 0 fully saturated rings. The summed E-state index contributed by atoms with van der Waals surface area (Å²) in [5.74, 6) is 0.440. The van der Waals surface area contributed by atoms with Gasteiger partial charge in [0.1, 0.15) is 5.75 Å². The van der Waals surface area contributed by atoms with Crippen LogP contribution in [0.25, 0.3) is 0 Å². The van der Waals surface area contributed by atoms with Crippen LogP contribution in [0.4, 0.5) is 5.69 Å². The predicted octanol–water partition coefficient (Wildman–Crippen LogP) is 3.06. The number of hydrogen-bond donors (Lipinski definition) is 1. The molecule has 0 saturated heterocycles. The number of ether oxygens (including phenoxy) is 1. The van der Waals surface area contributed by atoms with Gasteiger partial charge in [0.05, 0.1) is 10.6 Å². The zero-order chi connectivity index (χ0) is 17.6. The number of sulfone groups is 1. The van der Waals surface area contributed by atoms with Gasteiger partial charge in [-0.05, 0) is 42.3 Å². The fourth-order valence-electron chi connectivity index (χ4n) is 2.19. The van der Waals surface area contributed by atoms with E-state index in [0.29, 0.717) is 11.4 Å². The summed E-state index contributed by atoms with van der Waals surface area (Å²) in [6.07, 6.45) is 0.825. The lowest BCUT2D eigenvalue weighted by atomic mass is 10.1. The first-order valence-corrected chi connectivity index (χ1v) is 9.45. The Balaban J connectivity index is 1.95. The van der Waals surface area contributed by atoms with E-state index in [2.05, 4.69) is 5.32 Å². The quantitative estimate of drug-likeness (QED) is 0.835. The average Bonchev–Trinajstić information content (AvgIpc) is 2.60. The highest BCUT2D eigenvalue weighted by Crippen LogP contribution is 2.18. The summed E-state index contributed by atoms with van der Waals surface area (Å²) >= 11 is 0. The van der Waals surface area contributed by atoms with Crippen LogP contribution < -0.4 is 10.1 Å². The minimum absolute atomic E-state index is 0.0450. The fraction of sp³-hybridized carbons (Fsp3) is 0.278. The maximum Gasteiger partial charge on any atom is 0.262 e. The van der Waals surface area contributed by atoms with E-state index in [-0.39, 0.29) is 23.2 Å². The highest BCUT2D eigenvalue weighted by molar-refractivity contribution is 7.91. The summed E-state index contributed by atoms with van der Waals surface area (Å²) in [5.41, 5.74) is 1.57. The van der Waals surface area contributed by atoms with E-state index in [0.717, 1.165) is 12.0 Å². The lowest BCUT2D eigenvalue weighted by molar-refractivity contribution is -0.118. The number of nitrogens with one attached hydrogen (secondary N) is 1. The van der Waals surface area contributed by atoms with Crippen molar-refractivity contribution in [2.45, 2.75) is 25.2 Å². The average molecular weight is 347 g/mol. The molecular weight excluding hydrogens is 326 g/mol. The number of para-hydroxylation sites is 1. The van der Waals surface area contributed by atoms with Gasteiger partial charge in [-0.15, -0.1) is 0 Å². The third-order valence-electron chi connectivity index (χ3n) is 3.59. The number of benzene rings is 2. The normalized spacial score (nSPS) is 11.1. The lowest BCUT2D eigenvalue weighted by Crippen LogP contribution is -2.20. The molecule has 0 aliphatic rings. The standard InChI is InChI=1S/C18H21NO4S/c1-3-14-7-5-6-8-17(14)23-13-18(20)19-15-9-11-16(12-10-15)24(21,22)4-2/h5-12H,3-4,13H2,1-2H3,(H,19,20). The van der Waals surface area contributed by atoms with Crippen LogP contribution in [0.2, 0.25) is 0 Å². The number of rotatable bonds is 7. The number of amides is 1. The molecule has 5 nitrogen and oxygen atoms in total. The summed E-state index contributed by atoms with van der Waals surface area (Å²) in [5, 5.41) is 2.69. The molecule has 1 amide bonds. The van der Waals surface area contributed by atoms with Gasteiger partial charge in [0.15, 0.2) is 16.4 Å². The molecule has 0 unspecified atom stereocenters. The molecule has 6 heteroatoms. The molecule has 0 atom stereocenters. The van der Waals surface area contributed by atoms with Crippen molar-refractivity contribution in [3.8, 4) is 5.75 Å². The van der Waals surface area contributed by atoms with E-state index in [9.17, 15) is 13.2 Å². The van der Waals surface area contributed by atoms with Gasteiger partial charge in [0.2, 0.25) is 0 Å². The van der Waals surface area contributed by atoms with Crippen molar-refractivity contribution < 1.29 is 17.9 Å². The molecular formula is C18H21NO4S. The van der Waals surface area contributed by atoms with Crippen molar-refractivity contribution in [3.05, 3.63) is 54.1 Å². The molecule has 0 spiro atoms. The summed E-state index contributed by atoms with van der Waals surface area (Å²) < 4.78 is 29.0. The smallest absolute Gasteiger partial charge is 0.262 e. The molecule has 2 aromatic carbocycles. The minimum Gasteiger partial charge on any atom is -0.483 e. The summed E-state index contributed by atoms with van der Waals surface area (Å²) in [6.45, 7) is 3.51. The maximum absolute atomic E-state index is 12.0. The molecule has 1 N–H and O–H groups in total. The Bertz CT molecular complexity index is 798. The topological polar surface area (TPSA) is 72.5 Å².